The molecule has 0 fully saturated rings. The van der Waals surface area contributed by atoms with Crippen LogP contribution in [0.25, 0.3) is 22.6 Å². The average Bonchev–Trinajstić information content (AvgIpc) is 2.90. The SMILES string of the molecule is C[C@H](C(=O)O)c1ccc2oc(-c3ccccc3)nc2c1. The zero-order valence-corrected chi connectivity index (χ0v) is 10.9. The van der Waals surface area contributed by atoms with Gasteiger partial charge in [0.05, 0.1) is 5.92 Å². The maximum Gasteiger partial charge on any atom is 0.310 e. The Morgan fingerprint density at radius 1 is 1.20 bits per heavy atom. The number of carbonyl (C=O) groups is 1. The Kier molecular flexibility index (Phi) is 2.99. The van der Waals surface area contributed by atoms with E-state index < -0.39 is 11.9 Å². The number of benzene rings is 2. The third-order valence-electron chi connectivity index (χ3n) is 3.30. The topological polar surface area (TPSA) is 63.3 Å². The molecule has 0 aliphatic rings. The Hall–Kier alpha value is -2.62. The van der Waals surface area contributed by atoms with E-state index in [-0.39, 0.29) is 0 Å². The standard InChI is InChI=1S/C16H13NO3/c1-10(16(18)19)12-7-8-14-13(9-12)17-15(20-14)11-5-3-2-4-6-11/h2-10H,1H3,(H,18,19)/t10-/m0/s1. The zero-order valence-electron chi connectivity index (χ0n) is 10.9. The number of carboxylic acids is 1. The lowest BCUT2D eigenvalue weighted by molar-refractivity contribution is -0.138. The molecule has 1 aromatic heterocycles. The average molecular weight is 267 g/mol. The van der Waals surface area contributed by atoms with Crippen LogP contribution in [0, 0.1) is 0 Å². The number of carboxylic acid groups (broad SMARTS) is 1. The number of hydrogen-bond donors (Lipinski definition) is 1. The van der Waals surface area contributed by atoms with E-state index in [9.17, 15) is 4.79 Å². The van der Waals surface area contributed by atoms with E-state index in [1.807, 2.05) is 30.3 Å². The van der Waals surface area contributed by atoms with Crippen LogP contribution in [0.4, 0.5) is 0 Å². The van der Waals surface area contributed by atoms with Gasteiger partial charge < -0.3 is 9.52 Å². The van der Waals surface area contributed by atoms with Crippen LogP contribution in [-0.4, -0.2) is 16.1 Å². The van der Waals surface area contributed by atoms with E-state index in [4.69, 9.17) is 9.52 Å². The molecule has 0 radical (unpaired) electrons. The molecular weight excluding hydrogens is 254 g/mol. The van der Waals surface area contributed by atoms with Gasteiger partial charge >= 0.3 is 5.97 Å². The minimum absolute atomic E-state index is 0.542. The predicted octanol–water partition coefficient (Wildman–Crippen LogP) is 3.68. The molecule has 0 amide bonds. The molecule has 0 aliphatic carbocycles. The van der Waals surface area contributed by atoms with E-state index in [1.54, 1.807) is 25.1 Å². The Morgan fingerprint density at radius 2 is 1.95 bits per heavy atom. The van der Waals surface area contributed by atoms with Crippen molar-refractivity contribution in [3.8, 4) is 11.5 Å². The second kappa shape index (κ2) is 4.81. The summed E-state index contributed by atoms with van der Waals surface area (Å²) in [5.41, 5.74) is 2.95. The monoisotopic (exact) mass is 267 g/mol. The molecule has 0 spiro atoms. The molecule has 1 heterocycles. The van der Waals surface area contributed by atoms with Crippen molar-refractivity contribution >= 4 is 17.1 Å². The van der Waals surface area contributed by atoms with Crippen molar-refractivity contribution in [3.05, 3.63) is 54.1 Å². The van der Waals surface area contributed by atoms with E-state index in [1.165, 1.54) is 0 Å². The van der Waals surface area contributed by atoms with Crippen molar-refractivity contribution in [1.29, 1.82) is 0 Å². The summed E-state index contributed by atoms with van der Waals surface area (Å²) >= 11 is 0. The summed E-state index contributed by atoms with van der Waals surface area (Å²) in [6.07, 6.45) is 0. The van der Waals surface area contributed by atoms with Gasteiger partial charge in [0.1, 0.15) is 5.52 Å². The first kappa shape index (κ1) is 12.4. The van der Waals surface area contributed by atoms with Crippen LogP contribution >= 0.6 is 0 Å². The summed E-state index contributed by atoms with van der Waals surface area (Å²) in [7, 11) is 0. The summed E-state index contributed by atoms with van der Waals surface area (Å²) in [4.78, 5) is 15.4. The summed E-state index contributed by atoms with van der Waals surface area (Å²) in [5, 5.41) is 9.05. The van der Waals surface area contributed by atoms with Crippen molar-refractivity contribution < 1.29 is 14.3 Å². The smallest absolute Gasteiger partial charge is 0.310 e. The second-order valence-corrected chi connectivity index (χ2v) is 4.67. The van der Waals surface area contributed by atoms with Crippen molar-refractivity contribution in [2.45, 2.75) is 12.8 Å². The molecule has 20 heavy (non-hydrogen) atoms. The fourth-order valence-electron chi connectivity index (χ4n) is 2.06. The molecule has 1 atom stereocenters. The van der Waals surface area contributed by atoms with Crippen molar-refractivity contribution in [2.75, 3.05) is 0 Å². The molecule has 1 N–H and O–H groups in total. The number of aromatic nitrogens is 1. The highest BCUT2D eigenvalue weighted by molar-refractivity contribution is 5.81. The molecule has 0 unspecified atom stereocenters. The van der Waals surface area contributed by atoms with Crippen molar-refractivity contribution in [1.82, 2.24) is 4.98 Å². The van der Waals surface area contributed by atoms with Gasteiger partial charge in [-0.2, -0.15) is 0 Å². The van der Waals surface area contributed by atoms with Crippen molar-refractivity contribution in [2.24, 2.45) is 0 Å². The molecule has 0 saturated heterocycles. The largest absolute Gasteiger partial charge is 0.481 e. The molecule has 2 aromatic carbocycles. The van der Waals surface area contributed by atoms with Crippen LogP contribution in [0.5, 0.6) is 0 Å². The number of hydrogen-bond acceptors (Lipinski definition) is 3. The first-order chi connectivity index (χ1) is 9.65. The van der Waals surface area contributed by atoms with Crippen LogP contribution in [-0.2, 0) is 4.79 Å². The van der Waals surface area contributed by atoms with E-state index in [0.717, 1.165) is 11.1 Å². The quantitative estimate of drug-likeness (QED) is 0.786. The van der Waals surface area contributed by atoms with Gasteiger partial charge in [-0.05, 0) is 36.8 Å². The molecular formula is C16H13NO3. The Bertz CT molecular complexity index is 762. The Balaban J connectivity index is 2.06. The molecule has 100 valence electrons. The van der Waals surface area contributed by atoms with E-state index in [2.05, 4.69) is 4.98 Å². The van der Waals surface area contributed by atoms with Gasteiger partial charge in [0.25, 0.3) is 0 Å². The molecule has 4 heteroatoms. The lowest BCUT2D eigenvalue weighted by Gasteiger charge is -2.04. The Morgan fingerprint density at radius 3 is 2.65 bits per heavy atom. The van der Waals surface area contributed by atoms with E-state index in [0.29, 0.717) is 17.0 Å². The number of rotatable bonds is 3. The highest BCUT2D eigenvalue weighted by Gasteiger charge is 2.15. The summed E-state index contributed by atoms with van der Waals surface area (Å²) in [6.45, 7) is 1.65. The minimum Gasteiger partial charge on any atom is -0.481 e. The minimum atomic E-state index is -0.851. The van der Waals surface area contributed by atoms with Gasteiger partial charge in [-0.15, -0.1) is 0 Å². The maximum absolute atomic E-state index is 11.0. The molecule has 3 rings (SSSR count). The first-order valence-corrected chi connectivity index (χ1v) is 6.34. The van der Waals surface area contributed by atoms with Gasteiger partial charge in [-0.3, -0.25) is 4.79 Å². The zero-order chi connectivity index (χ0) is 14.1. The first-order valence-electron chi connectivity index (χ1n) is 6.34. The van der Waals surface area contributed by atoms with Gasteiger partial charge in [0, 0.05) is 5.56 Å². The lowest BCUT2D eigenvalue weighted by atomic mass is 10.0. The van der Waals surface area contributed by atoms with Gasteiger partial charge in [-0.1, -0.05) is 24.3 Å². The highest BCUT2D eigenvalue weighted by Crippen LogP contribution is 2.26. The van der Waals surface area contributed by atoms with Gasteiger partial charge in [-0.25, -0.2) is 4.98 Å². The predicted molar refractivity (Wildman–Crippen MR) is 75.5 cm³/mol. The maximum atomic E-state index is 11.0. The van der Waals surface area contributed by atoms with Crippen molar-refractivity contribution in [3.63, 3.8) is 0 Å². The van der Waals surface area contributed by atoms with Crippen LogP contribution in [0.15, 0.2) is 52.9 Å². The molecule has 0 aliphatic heterocycles. The third-order valence-corrected chi connectivity index (χ3v) is 3.30. The van der Waals surface area contributed by atoms with Gasteiger partial charge in [0.15, 0.2) is 5.58 Å². The van der Waals surface area contributed by atoms with Gasteiger partial charge in [0.2, 0.25) is 5.89 Å². The van der Waals surface area contributed by atoms with E-state index >= 15 is 0 Å². The highest BCUT2D eigenvalue weighted by atomic mass is 16.4. The lowest BCUT2D eigenvalue weighted by Crippen LogP contribution is -2.06. The Labute approximate surface area is 115 Å². The third kappa shape index (κ3) is 2.16. The normalized spacial score (nSPS) is 12.4. The van der Waals surface area contributed by atoms with Crippen LogP contribution in [0.2, 0.25) is 0 Å². The number of fused-ring (bicyclic) bond motifs is 1. The molecule has 0 saturated carbocycles. The summed E-state index contributed by atoms with van der Waals surface area (Å²) in [5.74, 6) is -0.867. The van der Waals surface area contributed by atoms with Crippen LogP contribution in [0.3, 0.4) is 0 Å². The fourth-order valence-corrected chi connectivity index (χ4v) is 2.06. The van der Waals surface area contributed by atoms with Crippen LogP contribution < -0.4 is 0 Å². The number of oxazole rings is 1. The molecule has 3 aromatic rings. The summed E-state index contributed by atoms with van der Waals surface area (Å²) in [6, 6.07) is 14.9. The summed E-state index contributed by atoms with van der Waals surface area (Å²) < 4.78 is 5.69. The molecule has 0 bridgehead atoms. The molecule has 4 nitrogen and oxygen atoms in total. The van der Waals surface area contributed by atoms with Crippen LogP contribution in [0.1, 0.15) is 18.4 Å². The second-order valence-electron chi connectivity index (χ2n) is 4.67. The number of aliphatic carboxylic acids is 1. The fraction of sp³-hybridized carbons (Fsp3) is 0.125. The number of nitrogens with zero attached hydrogens (tertiary/aromatic N) is 1.